The Morgan fingerprint density at radius 1 is 1.11 bits per heavy atom. The van der Waals surface area contributed by atoms with E-state index in [4.69, 9.17) is 0 Å². The number of aryl methyl sites for hydroxylation is 2. The van der Waals surface area contributed by atoms with E-state index in [-0.39, 0.29) is 5.91 Å². The summed E-state index contributed by atoms with van der Waals surface area (Å²) in [7, 11) is 0. The number of hydrogen-bond acceptors (Lipinski definition) is 5. The van der Waals surface area contributed by atoms with E-state index in [1.54, 1.807) is 22.3 Å². The standard InChI is InChI=1S/C20H17N5OS/c1-13-10-14(2)25(24-13)18-9-8-16(11-21-18)22-19(26)17-12-27-20(23-17)15-6-4-3-5-7-15/h3-12H,1-2H3,(H,22,26). The molecule has 1 amide bonds. The third kappa shape index (κ3) is 3.63. The molecule has 0 aliphatic heterocycles. The molecule has 0 fully saturated rings. The Morgan fingerprint density at radius 3 is 2.59 bits per heavy atom. The Hall–Kier alpha value is -3.32. The molecule has 0 bridgehead atoms. The summed E-state index contributed by atoms with van der Waals surface area (Å²) in [5.41, 5.74) is 3.94. The van der Waals surface area contributed by atoms with Crippen LogP contribution in [-0.4, -0.2) is 25.7 Å². The molecule has 6 nitrogen and oxygen atoms in total. The third-order valence-corrected chi connectivity index (χ3v) is 4.88. The Kier molecular flexibility index (Phi) is 4.52. The number of carbonyl (C=O) groups is 1. The smallest absolute Gasteiger partial charge is 0.275 e. The molecule has 4 rings (SSSR count). The van der Waals surface area contributed by atoms with Crippen LogP contribution in [0.25, 0.3) is 16.4 Å². The highest BCUT2D eigenvalue weighted by molar-refractivity contribution is 7.13. The van der Waals surface area contributed by atoms with Gasteiger partial charge in [-0.15, -0.1) is 11.3 Å². The zero-order chi connectivity index (χ0) is 18.8. The number of nitrogens with one attached hydrogen (secondary N) is 1. The van der Waals surface area contributed by atoms with Crippen LogP contribution in [0.1, 0.15) is 21.9 Å². The highest BCUT2D eigenvalue weighted by Gasteiger charge is 2.13. The maximum atomic E-state index is 12.5. The molecular formula is C20H17N5OS. The van der Waals surface area contributed by atoms with Gasteiger partial charge in [-0.25, -0.2) is 14.6 Å². The fourth-order valence-corrected chi connectivity index (χ4v) is 3.54. The average Bonchev–Trinajstić information content (AvgIpc) is 3.30. The predicted molar refractivity (Wildman–Crippen MR) is 106 cm³/mol. The lowest BCUT2D eigenvalue weighted by Gasteiger charge is -2.06. The number of aromatic nitrogens is 4. The minimum Gasteiger partial charge on any atom is -0.319 e. The van der Waals surface area contributed by atoms with Crippen molar-refractivity contribution in [3.8, 4) is 16.4 Å². The molecule has 0 saturated carbocycles. The second kappa shape index (κ2) is 7.13. The van der Waals surface area contributed by atoms with E-state index in [9.17, 15) is 4.79 Å². The van der Waals surface area contributed by atoms with Crippen LogP contribution in [0.3, 0.4) is 0 Å². The second-order valence-corrected chi connectivity index (χ2v) is 6.96. The van der Waals surface area contributed by atoms with Gasteiger partial charge in [-0.05, 0) is 32.0 Å². The molecule has 4 aromatic rings. The van der Waals surface area contributed by atoms with Crippen LogP contribution in [0, 0.1) is 13.8 Å². The molecule has 0 saturated heterocycles. The number of amides is 1. The van der Waals surface area contributed by atoms with Crippen molar-refractivity contribution in [2.45, 2.75) is 13.8 Å². The molecule has 0 aliphatic rings. The maximum absolute atomic E-state index is 12.5. The van der Waals surface area contributed by atoms with Gasteiger partial charge in [-0.3, -0.25) is 4.79 Å². The van der Waals surface area contributed by atoms with Gasteiger partial charge in [0, 0.05) is 16.6 Å². The first-order valence-corrected chi connectivity index (χ1v) is 9.30. The summed E-state index contributed by atoms with van der Waals surface area (Å²) in [6.45, 7) is 3.92. The monoisotopic (exact) mass is 375 g/mol. The molecule has 0 spiro atoms. The summed E-state index contributed by atoms with van der Waals surface area (Å²) < 4.78 is 1.77. The first-order chi connectivity index (χ1) is 13.1. The van der Waals surface area contributed by atoms with Gasteiger partial charge in [-0.1, -0.05) is 30.3 Å². The summed E-state index contributed by atoms with van der Waals surface area (Å²) in [6.07, 6.45) is 1.62. The molecule has 0 unspecified atom stereocenters. The zero-order valence-corrected chi connectivity index (χ0v) is 15.7. The topological polar surface area (TPSA) is 72.7 Å². The summed E-state index contributed by atoms with van der Waals surface area (Å²) in [5.74, 6) is 0.452. The fourth-order valence-electron chi connectivity index (χ4n) is 2.73. The van der Waals surface area contributed by atoms with Gasteiger partial charge in [0.05, 0.1) is 17.6 Å². The van der Waals surface area contributed by atoms with Crippen LogP contribution >= 0.6 is 11.3 Å². The minimum atomic E-state index is -0.255. The molecule has 3 heterocycles. The largest absolute Gasteiger partial charge is 0.319 e. The minimum absolute atomic E-state index is 0.255. The van der Waals surface area contributed by atoms with E-state index in [1.165, 1.54) is 11.3 Å². The van der Waals surface area contributed by atoms with Crippen LogP contribution < -0.4 is 5.32 Å². The Balaban J connectivity index is 1.49. The lowest BCUT2D eigenvalue weighted by molar-refractivity contribution is 0.102. The molecule has 27 heavy (non-hydrogen) atoms. The molecular weight excluding hydrogens is 358 g/mol. The van der Waals surface area contributed by atoms with Crippen LogP contribution in [0.2, 0.25) is 0 Å². The van der Waals surface area contributed by atoms with Crippen molar-refractivity contribution in [2.75, 3.05) is 5.32 Å². The van der Waals surface area contributed by atoms with Gasteiger partial charge in [0.25, 0.3) is 5.91 Å². The number of pyridine rings is 1. The van der Waals surface area contributed by atoms with Crippen LogP contribution in [0.4, 0.5) is 5.69 Å². The van der Waals surface area contributed by atoms with E-state index in [2.05, 4.69) is 20.4 Å². The summed E-state index contributed by atoms with van der Waals surface area (Å²) >= 11 is 1.45. The van der Waals surface area contributed by atoms with Crippen molar-refractivity contribution < 1.29 is 4.79 Å². The maximum Gasteiger partial charge on any atom is 0.275 e. The van der Waals surface area contributed by atoms with E-state index in [0.29, 0.717) is 17.2 Å². The van der Waals surface area contributed by atoms with Gasteiger partial charge in [0.2, 0.25) is 0 Å². The van der Waals surface area contributed by atoms with Crippen LogP contribution in [0.15, 0.2) is 60.1 Å². The highest BCUT2D eigenvalue weighted by Crippen LogP contribution is 2.23. The number of hydrogen-bond donors (Lipinski definition) is 1. The Bertz CT molecular complexity index is 1080. The average molecular weight is 375 g/mol. The Morgan fingerprint density at radius 2 is 1.93 bits per heavy atom. The fraction of sp³-hybridized carbons (Fsp3) is 0.100. The van der Waals surface area contributed by atoms with E-state index in [0.717, 1.165) is 22.0 Å². The van der Waals surface area contributed by atoms with Gasteiger partial charge in [-0.2, -0.15) is 5.10 Å². The van der Waals surface area contributed by atoms with Gasteiger partial charge in [0.1, 0.15) is 10.7 Å². The SMILES string of the molecule is Cc1cc(C)n(-c2ccc(NC(=O)c3csc(-c4ccccc4)n3)cn2)n1. The number of rotatable bonds is 4. The quantitative estimate of drug-likeness (QED) is 0.578. The molecule has 0 aliphatic carbocycles. The second-order valence-electron chi connectivity index (χ2n) is 6.10. The van der Waals surface area contributed by atoms with Crippen LogP contribution in [-0.2, 0) is 0 Å². The third-order valence-electron chi connectivity index (χ3n) is 3.99. The van der Waals surface area contributed by atoms with E-state index in [1.807, 2.05) is 56.3 Å². The molecule has 3 aromatic heterocycles. The van der Waals surface area contributed by atoms with Crippen LogP contribution in [0.5, 0.6) is 0 Å². The van der Waals surface area contributed by atoms with Crippen molar-refractivity contribution >= 4 is 22.9 Å². The molecule has 1 N–H and O–H groups in total. The normalized spacial score (nSPS) is 10.7. The Labute approximate surface area is 160 Å². The number of nitrogens with zero attached hydrogens (tertiary/aromatic N) is 4. The predicted octanol–water partition coefficient (Wildman–Crippen LogP) is 4.26. The number of benzene rings is 1. The summed E-state index contributed by atoms with van der Waals surface area (Å²) in [5, 5.41) is 9.82. The van der Waals surface area contributed by atoms with E-state index < -0.39 is 0 Å². The van der Waals surface area contributed by atoms with Crippen molar-refractivity contribution in [3.63, 3.8) is 0 Å². The molecule has 0 atom stereocenters. The molecule has 134 valence electrons. The highest BCUT2D eigenvalue weighted by atomic mass is 32.1. The van der Waals surface area contributed by atoms with E-state index >= 15 is 0 Å². The first kappa shape index (κ1) is 17.1. The molecule has 7 heteroatoms. The van der Waals surface area contributed by atoms with Crippen molar-refractivity contribution in [1.82, 2.24) is 19.7 Å². The molecule has 1 aromatic carbocycles. The van der Waals surface area contributed by atoms with Gasteiger partial charge in [0.15, 0.2) is 5.82 Å². The lowest BCUT2D eigenvalue weighted by atomic mass is 10.2. The lowest BCUT2D eigenvalue weighted by Crippen LogP contribution is -2.13. The number of thiazole rings is 1. The van der Waals surface area contributed by atoms with Gasteiger partial charge >= 0.3 is 0 Å². The van der Waals surface area contributed by atoms with Crippen molar-refractivity contribution in [1.29, 1.82) is 0 Å². The van der Waals surface area contributed by atoms with Crippen molar-refractivity contribution in [2.24, 2.45) is 0 Å². The van der Waals surface area contributed by atoms with Gasteiger partial charge < -0.3 is 5.32 Å². The first-order valence-electron chi connectivity index (χ1n) is 8.42. The zero-order valence-electron chi connectivity index (χ0n) is 14.9. The van der Waals surface area contributed by atoms with Crippen molar-refractivity contribution in [3.05, 3.63) is 77.2 Å². The number of carbonyl (C=O) groups excluding carboxylic acids is 1. The summed E-state index contributed by atoms with van der Waals surface area (Å²) in [4.78, 5) is 21.3. The number of anilines is 1. The summed E-state index contributed by atoms with van der Waals surface area (Å²) in [6, 6.07) is 15.4. The molecule has 0 radical (unpaired) electrons.